The third-order valence-corrected chi connectivity index (χ3v) is 7.01. The molecule has 0 aromatic carbocycles. The Morgan fingerprint density at radius 3 is 2.18 bits per heavy atom. The smallest absolute Gasteiger partial charge is 0.323 e. The molecule has 15 heteroatoms. The lowest BCUT2D eigenvalue weighted by Crippen LogP contribution is -2.43. The van der Waals surface area contributed by atoms with Gasteiger partial charge in [0.2, 0.25) is 13.4 Å². The number of hydrogen-bond acceptors (Lipinski definition) is 11. The second-order valence-electron chi connectivity index (χ2n) is 9.16. The van der Waals surface area contributed by atoms with Crippen molar-refractivity contribution in [2.45, 2.75) is 72.4 Å². The van der Waals surface area contributed by atoms with E-state index in [1.54, 1.807) is 44.7 Å². The summed E-state index contributed by atoms with van der Waals surface area (Å²) >= 11 is 0. The van der Waals surface area contributed by atoms with Crippen LogP contribution in [0.5, 0.6) is 0 Å². The Hall–Kier alpha value is -3.06. The maximum absolute atomic E-state index is 13.7. The highest BCUT2D eigenvalue weighted by atomic mass is 31.2. The molecule has 14 nitrogen and oxygen atoms in total. The third-order valence-electron chi connectivity index (χ3n) is 4.86. The highest BCUT2D eigenvalue weighted by Crippen LogP contribution is 2.37. The van der Waals surface area contributed by atoms with Crippen LogP contribution in [0.25, 0.3) is 11.2 Å². The minimum Gasteiger partial charge on any atom is -0.462 e. The normalized spacial score (nSPS) is 14.7. The fourth-order valence-electron chi connectivity index (χ4n) is 3.28. The van der Waals surface area contributed by atoms with Gasteiger partial charge in [0.1, 0.15) is 18.4 Å². The van der Waals surface area contributed by atoms with E-state index in [1.807, 2.05) is 0 Å². The average molecular weight is 555 g/mol. The Morgan fingerprint density at radius 2 is 1.66 bits per heavy atom. The summed E-state index contributed by atoms with van der Waals surface area (Å²) in [4.78, 5) is 37.4. The maximum atomic E-state index is 13.7. The molecule has 0 saturated carbocycles. The summed E-state index contributed by atoms with van der Waals surface area (Å²) in [7, 11) is -3.62. The first kappa shape index (κ1) is 31.2. The quantitative estimate of drug-likeness (QED) is 0.102. The van der Waals surface area contributed by atoms with E-state index in [2.05, 4.69) is 37.0 Å². The minimum absolute atomic E-state index is 0.0779. The molecular weight excluding hydrogens is 515 g/mol. The summed E-state index contributed by atoms with van der Waals surface area (Å²) in [6, 6.07) is -1.85. The van der Waals surface area contributed by atoms with Crippen molar-refractivity contribution in [2.75, 3.05) is 30.6 Å². The standard InChI is InChI=1S/C23H39N8O6P/c1-8-9-25-19-18-20(28-23(24)27-19)31(12-26-18)10-11-35-13-38(34,29-16(6)21(32)36-14(2)3)30-17(7)22(33)37-15(4)5/h8,12,14-17H,1,9-11,13H2,2-7H3,(H2,29,30,34)(H3,24,25,27,28)/t16-,17?,38?/m0/s1. The second kappa shape index (κ2) is 14.2. The molecule has 0 fully saturated rings. The highest BCUT2D eigenvalue weighted by Gasteiger charge is 2.32. The number of rotatable bonds is 16. The largest absolute Gasteiger partial charge is 0.462 e. The number of nitrogens with two attached hydrogens (primary N) is 1. The number of nitrogens with one attached hydrogen (secondary N) is 3. The molecule has 3 atom stereocenters. The molecule has 0 aliphatic heterocycles. The number of imidazole rings is 1. The van der Waals surface area contributed by atoms with Crippen LogP contribution < -0.4 is 21.2 Å². The molecule has 2 rings (SSSR count). The molecule has 0 aliphatic carbocycles. The number of carbonyl (C=O) groups excluding carboxylic acids is 2. The molecule has 5 N–H and O–H groups in total. The van der Waals surface area contributed by atoms with E-state index in [9.17, 15) is 14.2 Å². The zero-order valence-electron chi connectivity index (χ0n) is 22.8. The number of nitrogen functional groups attached to an aromatic ring is 1. The van der Waals surface area contributed by atoms with Gasteiger partial charge in [-0.25, -0.2) is 15.2 Å². The molecule has 2 unspecified atom stereocenters. The van der Waals surface area contributed by atoms with Crippen LogP contribution in [0.4, 0.5) is 11.8 Å². The van der Waals surface area contributed by atoms with Crippen molar-refractivity contribution in [3.8, 4) is 0 Å². The van der Waals surface area contributed by atoms with Crippen LogP contribution in [-0.4, -0.2) is 75.2 Å². The zero-order valence-corrected chi connectivity index (χ0v) is 23.7. The van der Waals surface area contributed by atoms with Crippen LogP contribution in [0.3, 0.4) is 0 Å². The van der Waals surface area contributed by atoms with Gasteiger partial charge in [-0.3, -0.25) is 14.2 Å². The maximum Gasteiger partial charge on any atom is 0.323 e. The molecular formula is C23H39N8O6P. The molecule has 2 aromatic rings. The fraction of sp³-hybridized carbons (Fsp3) is 0.609. The van der Waals surface area contributed by atoms with Gasteiger partial charge in [0, 0.05) is 13.1 Å². The van der Waals surface area contributed by atoms with Crippen molar-refractivity contribution in [1.29, 1.82) is 0 Å². The molecule has 212 valence electrons. The van der Waals surface area contributed by atoms with Crippen molar-refractivity contribution < 1.29 is 28.4 Å². The van der Waals surface area contributed by atoms with Crippen molar-refractivity contribution >= 4 is 42.3 Å². The fourth-order valence-corrected chi connectivity index (χ4v) is 5.36. The van der Waals surface area contributed by atoms with Gasteiger partial charge in [0.05, 0.1) is 25.1 Å². The Morgan fingerprint density at radius 1 is 1.08 bits per heavy atom. The van der Waals surface area contributed by atoms with Crippen LogP contribution in [-0.2, 0) is 34.9 Å². The van der Waals surface area contributed by atoms with E-state index < -0.39 is 31.5 Å². The number of hydrogen-bond donors (Lipinski definition) is 4. The lowest BCUT2D eigenvalue weighted by Gasteiger charge is -2.27. The highest BCUT2D eigenvalue weighted by molar-refractivity contribution is 7.59. The van der Waals surface area contributed by atoms with Gasteiger partial charge in [0.25, 0.3) is 0 Å². The summed E-state index contributed by atoms with van der Waals surface area (Å²) in [5.74, 6) is -0.603. The Kier molecular flexibility index (Phi) is 11.6. The van der Waals surface area contributed by atoms with Gasteiger partial charge in [-0.05, 0) is 41.5 Å². The van der Waals surface area contributed by atoms with E-state index in [0.29, 0.717) is 30.1 Å². The van der Waals surface area contributed by atoms with E-state index >= 15 is 0 Å². The molecule has 0 aliphatic rings. The van der Waals surface area contributed by atoms with Gasteiger partial charge in [-0.1, -0.05) is 6.08 Å². The third kappa shape index (κ3) is 9.35. The second-order valence-corrected chi connectivity index (χ2v) is 11.4. The summed E-state index contributed by atoms with van der Waals surface area (Å²) in [5.41, 5.74) is 6.88. The monoisotopic (exact) mass is 554 g/mol. The molecule has 0 radical (unpaired) electrons. The van der Waals surface area contributed by atoms with Crippen molar-refractivity contribution in [2.24, 2.45) is 0 Å². The lowest BCUT2D eigenvalue weighted by atomic mass is 10.4. The molecule has 0 bridgehead atoms. The summed E-state index contributed by atoms with van der Waals surface area (Å²) in [5, 5.41) is 8.59. The van der Waals surface area contributed by atoms with Gasteiger partial charge in [-0.2, -0.15) is 9.97 Å². The zero-order chi connectivity index (χ0) is 28.5. The van der Waals surface area contributed by atoms with Gasteiger partial charge in [0.15, 0.2) is 17.0 Å². The van der Waals surface area contributed by atoms with Crippen LogP contribution in [0.1, 0.15) is 41.5 Å². The van der Waals surface area contributed by atoms with Gasteiger partial charge < -0.3 is 29.8 Å². The first-order chi connectivity index (χ1) is 17.8. The molecule has 2 heterocycles. The van der Waals surface area contributed by atoms with E-state index in [4.69, 9.17) is 19.9 Å². The van der Waals surface area contributed by atoms with E-state index in [-0.39, 0.29) is 31.1 Å². The van der Waals surface area contributed by atoms with E-state index in [1.165, 1.54) is 13.8 Å². The van der Waals surface area contributed by atoms with Gasteiger partial charge >= 0.3 is 11.9 Å². The summed E-state index contributed by atoms with van der Waals surface area (Å²) < 4.78 is 31.6. The number of fused-ring (bicyclic) bond motifs is 1. The predicted octanol–water partition coefficient (Wildman–Crippen LogP) is 2.03. The number of carbonyl (C=O) groups is 2. The SMILES string of the molecule is C=CCNc1nc(N)nc2c1ncn2CCOCP(=O)(NC(C)C(=O)OC(C)C)N[C@@H](C)C(=O)OC(C)C. The van der Waals surface area contributed by atoms with Gasteiger partial charge in [-0.15, -0.1) is 6.58 Å². The Bertz CT molecular complexity index is 1120. The van der Waals surface area contributed by atoms with Crippen LogP contribution in [0.15, 0.2) is 19.0 Å². The Balaban J connectivity index is 2.11. The molecule has 0 amide bonds. The van der Waals surface area contributed by atoms with Crippen molar-refractivity contribution in [3.05, 3.63) is 19.0 Å². The van der Waals surface area contributed by atoms with E-state index in [0.717, 1.165) is 0 Å². The molecule has 2 aromatic heterocycles. The number of esters is 2. The summed E-state index contributed by atoms with van der Waals surface area (Å²) in [6.07, 6.45) is 2.26. The molecule has 38 heavy (non-hydrogen) atoms. The Labute approximate surface area is 222 Å². The van der Waals surface area contributed by atoms with Crippen molar-refractivity contribution in [1.82, 2.24) is 29.7 Å². The number of anilines is 2. The number of aromatic nitrogens is 4. The number of ether oxygens (including phenoxy) is 3. The van der Waals surface area contributed by atoms with Crippen LogP contribution in [0.2, 0.25) is 0 Å². The minimum atomic E-state index is -3.62. The first-order valence-electron chi connectivity index (χ1n) is 12.3. The number of nitrogens with zero attached hydrogens (tertiary/aromatic N) is 4. The lowest BCUT2D eigenvalue weighted by molar-refractivity contribution is -0.149. The van der Waals surface area contributed by atoms with Crippen LogP contribution >= 0.6 is 7.44 Å². The first-order valence-corrected chi connectivity index (χ1v) is 14.2. The molecule has 0 spiro atoms. The predicted molar refractivity (Wildman–Crippen MR) is 144 cm³/mol. The topological polar surface area (TPSA) is 185 Å². The van der Waals surface area contributed by atoms with Crippen LogP contribution in [0, 0.1) is 0 Å². The van der Waals surface area contributed by atoms with Crippen molar-refractivity contribution in [3.63, 3.8) is 0 Å². The summed E-state index contributed by atoms with van der Waals surface area (Å²) in [6.45, 7) is 14.5. The average Bonchev–Trinajstić information content (AvgIpc) is 3.21. The molecule has 0 saturated heterocycles.